The highest BCUT2D eigenvalue weighted by molar-refractivity contribution is 6.04. The zero-order valence-electron chi connectivity index (χ0n) is 13.6. The number of hydrogen-bond acceptors (Lipinski definition) is 7. The number of nitrogen functional groups attached to an aromatic ring is 1. The fourth-order valence-corrected chi connectivity index (χ4v) is 2.26. The molecule has 0 aliphatic carbocycles. The highest BCUT2D eigenvalue weighted by Crippen LogP contribution is 2.22. The van der Waals surface area contributed by atoms with Crippen LogP contribution >= 0.6 is 0 Å². The Labute approximate surface area is 149 Å². The van der Waals surface area contributed by atoms with E-state index >= 15 is 0 Å². The lowest BCUT2D eigenvalue weighted by Gasteiger charge is -2.10. The lowest BCUT2D eigenvalue weighted by molar-refractivity contribution is 0.102. The van der Waals surface area contributed by atoms with E-state index in [9.17, 15) is 4.79 Å². The van der Waals surface area contributed by atoms with Crippen molar-refractivity contribution >= 4 is 35.1 Å². The van der Waals surface area contributed by atoms with Gasteiger partial charge >= 0.3 is 0 Å². The maximum atomic E-state index is 12.1. The molecule has 130 valence electrons. The molecule has 0 spiro atoms. The molecule has 1 heterocycles. The van der Waals surface area contributed by atoms with Crippen molar-refractivity contribution < 1.29 is 10.0 Å². The lowest BCUT2D eigenvalue weighted by atomic mass is 10.2. The fraction of sp³-hybridized carbons (Fsp3) is 0. The Balaban J connectivity index is 1.73. The van der Waals surface area contributed by atoms with Gasteiger partial charge in [-0.25, -0.2) is 9.97 Å². The normalized spacial score (nSPS) is 10.6. The van der Waals surface area contributed by atoms with Crippen LogP contribution < -0.4 is 16.4 Å². The Morgan fingerprint density at radius 1 is 1.04 bits per heavy atom. The van der Waals surface area contributed by atoms with E-state index in [1.54, 1.807) is 36.4 Å². The van der Waals surface area contributed by atoms with Crippen LogP contribution in [-0.2, 0) is 0 Å². The minimum Gasteiger partial charge on any atom is -0.411 e. The summed E-state index contributed by atoms with van der Waals surface area (Å²) in [6.45, 7) is 0. The summed E-state index contributed by atoms with van der Waals surface area (Å²) in [5.74, 6) is 0.403. The van der Waals surface area contributed by atoms with Crippen molar-refractivity contribution in [1.29, 1.82) is 0 Å². The first-order valence-electron chi connectivity index (χ1n) is 7.69. The molecule has 1 amide bonds. The van der Waals surface area contributed by atoms with Crippen molar-refractivity contribution in [2.24, 2.45) is 5.16 Å². The van der Waals surface area contributed by atoms with Crippen molar-refractivity contribution in [3.05, 3.63) is 72.1 Å². The van der Waals surface area contributed by atoms with Crippen molar-refractivity contribution in [3.63, 3.8) is 0 Å². The molecule has 0 aliphatic rings. The molecule has 3 aromatic rings. The number of carbonyl (C=O) groups is 1. The standard InChI is InChI=1S/C18H16N6O2/c19-16-15(10-22-26)17(21-11-20-16)23-13-6-8-14(9-7-13)24-18(25)12-4-2-1-3-5-12/h1-11,26H,(H,24,25)(H3,19,20,21,23)/b22-10+. The van der Waals surface area contributed by atoms with Gasteiger partial charge in [-0.05, 0) is 36.4 Å². The predicted molar refractivity (Wildman–Crippen MR) is 99.9 cm³/mol. The molecule has 2 aromatic carbocycles. The summed E-state index contributed by atoms with van der Waals surface area (Å²) in [4.78, 5) is 20.1. The summed E-state index contributed by atoms with van der Waals surface area (Å²) in [5.41, 5.74) is 8.08. The number of carbonyl (C=O) groups excluding carboxylic acids is 1. The molecule has 8 heteroatoms. The molecule has 3 rings (SSSR count). The monoisotopic (exact) mass is 348 g/mol. The zero-order valence-corrected chi connectivity index (χ0v) is 13.6. The van der Waals surface area contributed by atoms with E-state index in [2.05, 4.69) is 25.8 Å². The van der Waals surface area contributed by atoms with E-state index in [0.717, 1.165) is 6.21 Å². The molecule has 0 atom stereocenters. The van der Waals surface area contributed by atoms with Crippen molar-refractivity contribution in [1.82, 2.24) is 9.97 Å². The van der Waals surface area contributed by atoms with Gasteiger partial charge in [0.05, 0.1) is 11.8 Å². The fourth-order valence-electron chi connectivity index (χ4n) is 2.26. The summed E-state index contributed by atoms with van der Waals surface area (Å²) >= 11 is 0. The Kier molecular flexibility index (Phi) is 5.04. The topological polar surface area (TPSA) is 126 Å². The zero-order chi connectivity index (χ0) is 18.4. The molecule has 0 saturated heterocycles. The summed E-state index contributed by atoms with van der Waals surface area (Å²) in [6, 6.07) is 16.0. The van der Waals surface area contributed by atoms with Crippen LogP contribution in [0.3, 0.4) is 0 Å². The van der Waals surface area contributed by atoms with E-state index in [4.69, 9.17) is 10.9 Å². The first kappa shape index (κ1) is 16.9. The Morgan fingerprint density at radius 3 is 2.42 bits per heavy atom. The number of nitrogens with one attached hydrogen (secondary N) is 2. The molecule has 1 aromatic heterocycles. The maximum Gasteiger partial charge on any atom is 0.255 e. The number of rotatable bonds is 5. The van der Waals surface area contributed by atoms with E-state index < -0.39 is 0 Å². The first-order chi connectivity index (χ1) is 12.7. The third-order valence-corrected chi connectivity index (χ3v) is 3.54. The molecular weight excluding hydrogens is 332 g/mol. The van der Waals surface area contributed by atoms with Gasteiger partial charge in [0.15, 0.2) is 0 Å². The predicted octanol–water partition coefficient (Wildman–Crippen LogP) is 2.86. The molecule has 0 saturated carbocycles. The molecule has 5 N–H and O–H groups in total. The second-order valence-electron chi connectivity index (χ2n) is 5.29. The van der Waals surface area contributed by atoms with Gasteiger partial charge in [0.2, 0.25) is 0 Å². The molecule has 8 nitrogen and oxygen atoms in total. The van der Waals surface area contributed by atoms with Crippen molar-refractivity contribution in [2.75, 3.05) is 16.4 Å². The van der Waals surface area contributed by atoms with E-state index in [0.29, 0.717) is 28.3 Å². The lowest BCUT2D eigenvalue weighted by Crippen LogP contribution is -2.11. The third kappa shape index (κ3) is 3.93. The van der Waals surface area contributed by atoms with Gasteiger partial charge in [-0.15, -0.1) is 0 Å². The highest BCUT2D eigenvalue weighted by atomic mass is 16.4. The summed E-state index contributed by atoms with van der Waals surface area (Å²) in [6.07, 6.45) is 2.47. The summed E-state index contributed by atoms with van der Waals surface area (Å²) in [5, 5.41) is 17.6. The molecule has 0 unspecified atom stereocenters. The van der Waals surface area contributed by atoms with Gasteiger partial charge < -0.3 is 21.6 Å². The van der Waals surface area contributed by atoms with Crippen LogP contribution in [0, 0.1) is 0 Å². The number of benzene rings is 2. The smallest absolute Gasteiger partial charge is 0.255 e. The number of nitrogens with zero attached hydrogens (tertiary/aromatic N) is 3. The summed E-state index contributed by atoms with van der Waals surface area (Å²) in [7, 11) is 0. The Hall–Kier alpha value is -3.94. The van der Waals surface area contributed by atoms with Crippen LogP contribution in [0.15, 0.2) is 66.1 Å². The molecule has 0 aliphatic heterocycles. The van der Waals surface area contributed by atoms with Crippen LogP contribution in [0.5, 0.6) is 0 Å². The maximum absolute atomic E-state index is 12.1. The number of oxime groups is 1. The van der Waals surface area contributed by atoms with Crippen LogP contribution in [-0.4, -0.2) is 27.3 Å². The van der Waals surface area contributed by atoms with Crippen molar-refractivity contribution in [3.8, 4) is 0 Å². The van der Waals surface area contributed by atoms with Gasteiger partial charge in [-0.3, -0.25) is 4.79 Å². The van der Waals surface area contributed by atoms with Gasteiger partial charge in [0.25, 0.3) is 5.91 Å². The van der Waals surface area contributed by atoms with Gasteiger partial charge in [0, 0.05) is 16.9 Å². The highest BCUT2D eigenvalue weighted by Gasteiger charge is 2.09. The minimum absolute atomic E-state index is 0.184. The van der Waals surface area contributed by atoms with Gasteiger partial charge in [0.1, 0.15) is 18.0 Å². The molecule has 26 heavy (non-hydrogen) atoms. The largest absolute Gasteiger partial charge is 0.411 e. The first-order valence-corrected chi connectivity index (χ1v) is 7.69. The minimum atomic E-state index is -0.184. The molecule has 0 radical (unpaired) electrons. The summed E-state index contributed by atoms with van der Waals surface area (Å²) < 4.78 is 0. The van der Waals surface area contributed by atoms with Crippen LogP contribution in [0.1, 0.15) is 15.9 Å². The Morgan fingerprint density at radius 2 is 1.73 bits per heavy atom. The number of anilines is 4. The number of amides is 1. The molecule has 0 bridgehead atoms. The average Bonchev–Trinajstić information content (AvgIpc) is 2.67. The van der Waals surface area contributed by atoms with E-state index in [1.165, 1.54) is 6.33 Å². The SMILES string of the molecule is Nc1ncnc(Nc2ccc(NC(=O)c3ccccc3)cc2)c1/C=N/O. The van der Waals surface area contributed by atoms with Gasteiger partial charge in [-0.2, -0.15) is 0 Å². The second-order valence-corrected chi connectivity index (χ2v) is 5.29. The third-order valence-electron chi connectivity index (χ3n) is 3.54. The molecule has 0 fully saturated rings. The Bertz CT molecular complexity index is 926. The van der Waals surface area contributed by atoms with Crippen LogP contribution in [0.25, 0.3) is 0 Å². The van der Waals surface area contributed by atoms with Crippen LogP contribution in [0.2, 0.25) is 0 Å². The van der Waals surface area contributed by atoms with Gasteiger partial charge in [-0.1, -0.05) is 23.4 Å². The van der Waals surface area contributed by atoms with Crippen molar-refractivity contribution in [2.45, 2.75) is 0 Å². The number of aromatic nitrogens is 2. The second kappa shape index (κ2) is 7.75. The van der Waals surface area contributed by atoms with Crippen LogP contribution in [0.4, 0.5) is 23.0 Å². The number of hydrogen-bond donors (Lipinski definition) is 4. The average molecular weight is 348 g/mol. The number of nitrogens with two attached hydrogens (primary N) is 1. The van der Waals surface area contributed by atoms with E-state index in [1.807, 2.05) is 18.2 Å². The molecular formula is C18H16N6O2. The quantitative estimate of drug-likeness (QED) is 0.319. The van der Waals surface area contributed by atoms with E-state index in [-0.39, 0.29) is 11.7 Å².